The van der Waals surface area contributed by atoms with Gasteiger partial charge in [-0.2, -0.15) is 0 Å². The van der Waals surface area contributed by atoms with Gasteiger partial charge in [-0.3, -0.25) is 4.72 Å². The summed E-state index contributed by atoms with van der Waals surface area (Å²) in [5.74, 6) is 1.20. The minimum atomic E-state index is -3.66. The Morgan fingerprint density at radius 2 is 1.71 bits per heavy atom. The van der Waals surface area contributed by atoms with Crippen molar-refractivity contribution in [3.63, 3.8) is 0 Å². The lowest BCUT2D eigenvalue weighted by Crippen LogP contribution is -2.29. The first-order valence-corrected chi connectivity index (χ1v) is 16.8. The molecule has 0 saturated carbocycles. The lowest BCUT2D eigenvalue weighted by molar-refractivity contribution is 0.237. The molecule has 6 aromatic rings. The van der Waals surface area contributed by atoms with E-state index >= 15 is 0 Å². The van der Waals surface area contributed by atoms with Gasteiger partial charge in [-0.15, -0.1) is 10.2 Å². The number of aromatic nitrogens is 4. The number of fused-ring (bicyclic) bond motifs is 2. The predicted octanol–water partition coefficient (Wildman–Crippen LogP) is 5.50. The molecule has 7 rings (SSSR count). The van der Waals surface area contributed by atoms with Gasteiger partial charge in [0.2, 0.25) is 15.9 Å². The van der Waals surface area contributed by atoms with E-state index in [1.165, 1.54) is 0 Å². The van der Waals surface area contributed by atoms with Crippen molar-refractivity contribution in [2.24, 2.45) is 5.73 Å². The molecular formula is C34H35N7O3S. The highest BCUT2D eigenvalue weighted by Crippen LogP contribution is 2.34. The number of hydrogen-bond acceptors (Lipinski definition) is 8. The van der Waals surface area contributed by atoms with Gasteiger partial charge in [-0.05, 0) is 85.2 Å². The van der Waals surface area contributed by atoms with Crippen LogP contribution in [0.4, 0.5) is 5.69 Å². The molecule has 10 nitrogen and oxygen atoms in total. The highest BCUT2D eigenvalue weighted by Gasteiger charge is 2.26. The number of nitrogens with two attached hydrogens (primary N) is 1. The Hall–Kier alpha value is -4.58. The van der Waals surface area contributed by atoms with Crippen molar-refractivity contribution >= 4 is 37.5 Å². The zero-order chi connectivity index (χ0) is 31.0. The standard InChI is InChI=1S/C34H35N7O3S/c1-40-15-13-24(14-16-40)33-37-38-34(44-33)31-19-26-11-12-28(20-35)36-32(26)41(31)21-27-18-29(17-25-9-5-6-10-30(25)27)39-45(42,43)22-23-7-3-2-4-8-23/h2-12,17-19,24,39H,13-16,20-22,35H2,1H3. The zero-order valence-electron chi connectivity index (χ0n) is 25.1. The maximum absolute atomic E-state index is 13.2. The van der Waals surface area contributed by atoms with Crippen LogP contribution in [-0.2, 0) is 28.9 Å². The molecular weight excluding hydrogens is 586 g/mol. The van der Waals surface area contributed by atoms with Gasteiger partial charge in [0.15, 0.2) is 0 Å². The largest absolute Gasteiger partial charge is 0.419 e. The molecule has 1 aliphatic heterocycles. The van der Waals surface area contributed by atoms with Gasteiger partial charge in [-0.25, -0.2) is 13.4 Å². The fraction of sp³-hybridized carbons (Fsp3) is 0.265. The topological polar surface area (TPSA) is 132 Å². The first-order valence-electron chi connectivity index (χ1n) is 15.1. The molecule has 0 bridgehead atoms. The summed E-state index contributed by atoms with van der Waals surface area (Å²) in [4.78, 5) is 7.19. The smallest absolute Gasteiger partial charge is 0.264 e. The van der Waals surface area contributed by atoms with E-state index < -0.39 is 10.0 Å². The number of pyridine rings is 1. The number of rotatable bonds is 9. The fourth-order valence-corrected chi connectivity index (χ4v) is 7.32. The van der Waals surface area contributed by atoms with Gasteiger partial charge in [0.05, 0.1) is 18.0 Å². The van der Waals surface area contributed by atoms with Crippen molar-refractivity contribution in [2.45, 2.75) is 37.6 Å². The van der Waals surface area contributed by atoms with Crippen molar-refractivity contribution < 1.29 is 12.8 Å². The first kappa shape index (κ1) is 29.1. The fourth-order valence-electron chi connectivity index (χ4n) is 6.14. The molecule has 0 amide bonds. The van der Waals surface area contributed by atoms with Crippen molar-refractivity contribution in [1.82, 2.24) is 24.6 Å². The summed E-state index contributed by atoms with van der Waals surface area (Å²) in [5, 5.41) is 11.8. The van der Waals surface area contributed by atoms with Crippen LogP contribution in [0.15, 0.2) is 89.3 Å². The second kappa shape index (κ2) is 12.1. The number of benzene rings is 3. The Bertz CT molecular complexity index is 2080. The summed E-state index contributed by atoms with van der Waals surface area (Å²) in [6.45, 7) is 2.68. The highest BCUT2D eigenvalue weighted by molar-refractivity contribution is 7.91. The second-order valence-corrected chi connectivity index (χ2v) is 13.5. The van der Waals surface area contributed by atoms with Gasteiger partial charge < -0.3 is 19.6 Å². The van der Waals surface area contributed by atoms with Gasteiger partial charge >= 0.3 is 0 Å². The number of piperidine rings is 1. The molecule has 1 saturated heterocycles. The molecule has 0 atom stereocenters. The van der Waals surface area contributed by atoms with Crippen molar-refractivity contribution in [3.05, 3.63) is 108 Å². The van der Waals surface area contributed by atoms with Crippen LogP contribution in [0.5, 0.6) is 0 Å². The van der Waals surface area contributed by atoms with E-state index in [9.17, 15) is 8.42 Å². The second-order valence-electron chi connectivity index (χ2n) is 11.8. The number of nitrogens with one attached hydrogen (secondary N) is 1. The van der Waals surface area contributed by atoms with E-state index in [0.29, 0.717) is 30.6 Å². The third-order valence-corrected chi connectivity index (χ3v) is 9.75. The molecule has 1 aliphatic rings. The van der Waals surface area contributed by atoms with E-state index in [0.717, 1.165) is 70.3 Å². The van der Waals surface area contributed by atoms with Gasteiger partial charge in [0, 0.05) is 23.5 Å². The maximum Gasteiger partial charge on any atom is 0.264 e. The van der Waals surface area contributed by atoms with Crippen LogP contribution in [0.25, 0.3) is 33.4 Å². The molecule has 0 aliphatic carbocycles. The lowest BCUT2D eigenvalue weighted by Gasteiger charge is -2.26. The molecule has 3 aromatic heterocycles. The van der Waals surface area contributed by atoms with E-state index in [4.69, 9.17) is 15.1 Å². The molecule has 3 N–H and O–H groups in total. The minimum absolute atomic E-state index is 0.120. The molecule has 45 heavy (non-hydrogen) atoms. The van der Waals surface area contributed by atoms with Crippen LogP contribution in [0.1, 0.15) is 41.5 Å². The monoisotopic (exact) mass is 621 g/mol. The lowest BCUT2D eigenvalue weighted by atomic mass is 9.97. The molecule has 11 heteroatoms. The molecule has 0 spiro atoms. The quantitative estimate of drug-likeness (QED) is 0.216. The van der Waals surface area contributed by atoms with Crippen LogP contribution >= 0.6 is 0 Å². The average Bonchev–Trinajstić information content (AvgIpc) is 3.66. The number of sulfonamides is 1. The Kier molecular flexibility index (Phi) is 7.82. The van der Waals surface area contributed by atoms with Crippen molar-refractivity contribution in [3.8, 4) is 11.6 Å². The van der Waals surface area contributed by atoms with Crippen molar-refractivity contribution in [1.29, 1.82) is 0 Å². The Morgan fingerprint density at radius 3 is 2.51 bits per heavy atom. The number of hydrogen-bond donors (Lipinski definition) is 2. The zero-order valence-corrected chi connectivity index (χ0v) is 25.9. The average molecular weight is 622 g/mol. The number of nitrogens with zero attached hydrogens (tertiary/aromatic N) is 5. The summed E-state index contributed by atoms with van der Waals surface area (Å²) in [5.41, 5.74) is 10.4. The van der Waals surface area contributed by atoms with Crippen LogP contribution < -0.4 is 10.5 Å². The predicted molar refractivity (Wildman–Crippen MR) is 176 cm³/mol. The molecule has 4 heterocycles. The number of anilines is 1. The van der Waals surface area contributed by atoms with Gasteiger partial charge in [0.1, 0.15) is 11.3 Å². The Balaban J connectivity index is 1.29. The van der Waals surface area contributed by atoms with Crippen LogP contribution in [0, 0.1) is 0 Å². The normalized spacial score (nSPS) is 14.8. The molecule has 1 fully saturated rings. The highest BCUT2D eigenvalue weighted by atomic mass is 32.2. The van der Waals surface area contributed by atoms with Crippen LogP contribution in [0.2, 0.25) is 0 Å². The number of likely N-dealkylation sites (tertiary alicyclic amines) is 1. The van der Waals surface area contributed by atoms with E-state index in [2.05, 4.69) is 31.4 Å². The van der Waals surface area contributed by atoms with Crippen LogP contribution in [-0.4, -0.2) is 53.2 Å². The molecule has 230 valence electrons. The summed E-state index contributed by atoms with van der Waals surface area (Å²) in [6, 6.07) is 26.8. The molecule has 3 aromatic carbocycles. The van der Waals surface area contributed by atoms with E-state index in [1.54, 1.807) is 0 Å². The first-order chi connectivity index (χ1) is 21.8. The van der Waals surface area contributed by atoms with Crippen molar-refractivity contribution in [2.75, 3.05) is 24.9 Å². The maximum atomic E-state index is 13.2. The molecule has 0 unspecified atom stereocenters. The minimum Gasteiger partial charge on any atom is -0.419 e. The van der Waals surface area contributed by atoms with E-state index in [-0.39, 0.29) is 11.7 Å². The van der Waals surface area contributed by atoms with Gasteiger partial charge in [0.25, 0.3) is 5.89 Å². The third kappa shape index (κ3) is 6.19. The SMILES string of the molecule is CN1CCC(c2nnc(-c3cc4ccc(CN)nc4n3Cc3cc(NS(=O)(=O)Cc4ccccc4)cc4ccccc34)o2)CC1. The summed E-state index contributed by atoms with van der Waals surface area (Å²) >= 11 is 0. The van der Waals surface area contributed by atoms with E-state index in [1.807, 2.05) is 84.9 Å². The van der Waals surface area contributed by atoms with Crippen LogP contribution in [0.3, 0.4) is 0 Å². The summed E-state index contributed by atoms with van der Waals surface area (Å²) in [7, 11) is -1.53. The third-order valence-electron chi connectivity index (χ3n) is 8.49. The Labute approximate surface area is 261 Å². The summed E-state index contributed by atoms with van der Waals surface area (Å²) in [6.07, 6.45) is 1.95. The summed E-state index contributed by atoms with van der Waals surface area (Å²) < 4.78 is 37.6. The Morgan fingerprint density at radius 1 is 0.933 bits per heavy atom. The van der Waals surface area contributed by atoms with Gasteiger partial charge in [-0.1, -0.05) is 54.6 Å². The molecule has 0 radical (unpaired) electrons.